The van der Waals surface area contributed by atoms with Crippen molar-refractivity contribution >= 4 is 12.6 Å². The van der Waals surface area contributed by atoms with Gasteiger partial charge in [-0.25, -0.2) is 0 Å². The number of allylic oxidation sites excluding steroid dienone is 1. The average molecular weight is 451 g/mol. The van der Waals surface area contributed by atoms with E-state index >= 15 is 0 Å². The van der Waals surface area contributed by atoms with E-state index in [2.05, 4.69) is 122 Å². The van der Waals surface area contributed by atoms with E-state index in [0.717, 1.165) is 0 Å². The molecule has 0 saturated carbocycles. The molecule has 4 aromatic carbocycles. The van der Waals surface area contributed by atoms with Gasteiger partial charge in [0.05, 0.1) is 0 Å². The van der Waals surface area contributed by atoms with E-state index in [1.165, 1.54) is 27.8 Å². The van der Waals surface area contributed by atoms with E-state index in [4.69, 9.17) is 0 Å². The predicted molar refractivity (Wildman–Crippen MR) is 120 cm³/mol. The number of fused-ring (bicyclic) bond motifs is 1. The van der Waals surface area contributed by atoms with Crippen LogP contribution >= 0.6 is 0 Å². The van der Waals surface area contributed by atoms with E-state index in [1.54, 1.807) is 6.54 Å². The summed E-state index contributed by atoms with van der Waals surface area (Å²) in [6.07, 6.45) is 2.45. The van der Waals surface area contributed by atoms with Crippen molar-refractivity contribution in [2.45, 2.75) is 10.5 Å². The predicted octanol–water partition coefficient (Wildman–Crippen LogP) is 6.08. The van der Waals surface area contributed by atoms with Gasteiger partial charge in [0.15, 0.2) is 0 Å². The maximum absolute atomic E-state index is 2.45. The minimum absolute atomic E-state index is 0.542. The molecule has 0 bridgehead atoms. The van der Waals surface area contributed by atoms with Gasteiger partial charge in [0, 0.05) is 0 Å². The van der Waals surface area contributed by atoms with Crippen LogP contribution in [0.5, 0.6) is 0 Å². The molecule has 29 heavy (non-hydrogen) atoms. The van der Waals surface area contributed by atoms with E-state index in [0.29, 0.717) is 3.63 Å². The molecule has 1 aliphatic rings. The summed E-state index contributed by atoms with van der Waals surface area (Å²) < 4.78 is 3.68. The van der Waals surface area contributed by atoms with Crippen LogP contribution in [-0.2, 0) is 21.8 Å². The summed E-state index contributed by atoms with van der Waals surface area (Å²) in [5.74, 6) is 0. The Labute approximate surface area is 181 Å². The Morgan fingerprint density at radius 1 is 0.586 bits per heavy atom. The Morgan fingerprint density at radius 2 is 1.14 bits per heavy atom. The quantitative estimate of drug-likeness (QED) is 0.353. The van der Waals surface area contributed by atoms with Gasteiger partial charge in [0.25, 0.3) is 0 Å². The van der Waals surface area contributed by atoms with Crippen molar-refractivity contribution in [1.82, 2.24) is 0 Å². The van der Waals surface area contributed by atoms with Gasteiger partial charge in [-0.05, 0) is 0 Å². The molecule has 0 heterocycles. The molecule has 0 fully saturated rings. The molecule has 0 aromatic heterocycles. The molecule has 0 N–H and O–H groups in total. The van der Waals surface area contributed by atoms with Crippen molar-refractivity contribution in [3.8, 4) is 11.1 Å². The van der Waals surface area contributed by atoms with Gasteiger partial charge in [-0.15, -0.1) is 0 Å². The first-order valence-corrected chi connectivity index (χ1v) is 14.0. The molecule has 0 saturated heterocycles. The van der Waals surface area contributed by atoms with Crippen molar-refractivity contribution in [2.75, 3.05) is 0 Å². The fourth-order valence-corrected chi connectivity index (χ4v) is 12.4. The number of hydrogen-bond donors (Lipinski definition) is 0. The Morgan fingerprint density at radius 3 is 1.72 bits per heavy atom. The summed E-state index contributed by atoms with van der Waals surface area (Å²) in [7, 11) is 0. The van der Waals surface area contributed by atoms with Crippen molar-refractivity contribution in [3.05, 3.63) is 126 Å². The van der Waals surface area contributed by atoms with Gasteiger partial charge >= 0.3 is 182 Å². The van der Waals surface area contributed by atoms with Crippen LogP contribution in [0.1, 0.15) is 21.7 Å². The van der Waals surface area contributed by atoms with E-state index in [9.17, 15) is 0 Å². The zero-order valence-corrected chi connectivity index (χ0v) is 19.0. The first-order chi connectivity index (χ1) is 14.3. The summed E-state index contributed by atoms with van der Waals surface area (Å²) >= 11 is -2.22. The third-order valence-corrected chi connectivity index (χ3v) is 13.8. The van der Waals surface area contributed by atoms with Crippen molar-refractivity contribution in [1.29, 1.82) is 0 Å². The Balaban J connectivity index is 1.68. The third-order valence-electron chi connectivity index (χ3n) is 5.82. The monoisotopic (exact) mass is 449 g/mol. The summed E-state index contributed by atoms with van der Waals surface area (Å²) in [4.78, 5) is 0. The van der Waals surface area contributed by atoms with Crippen molar-refractivity contribution < 1.29 is 21.8 Å². The van der Waals surface area contributed by atoms with Crippen LogP contribution < -0.4 is 6.54 Å². The number of hydrogen-bond acceptors (Lipinski definition) is 0. The van der Waals surface area contributed by atoms with Crippen LogP contribution in [0.4, 0.5) is 0 Å². The van der Waals surface area contributed by atoms with Crippen LogP contribution in [0.2, 0.25) is 0 Å². The molecule has 4 aromatic rings. The second kappa shape index (κ2) is 8.09. The van der Waals surface area contributed by atoms with Crippen LogP contribution in [0.25, 0.3) is 17.2 Å². The second-order valence-corrected chi connectivity index (χ2v) is 13.9. The van der Waals surface area contributed by atoms with E-state index < -0.39 is 21.8 Å². The van der Waals surface area contributed by atoms with Crippen LogP contribution in [-0.4, -0.2) is 0 Å². The molecule has 0 amide bonds. The molecule has 139 valence electrons. The second-order valence-electron chi connectivity index (χ2n) is 7.64. The Hall–Kier alpha value is -2.50. The molecule has 0 nitrogen and oxygen atoms in total. The summed E-state index contributed by atoms with van der Waals surface area (Å²) in [6.45, 7) is 2.34. The molecule has 1 unspecified atom stereocenters. The third kappa shape index (κ3) is 3.49. The fraction of sp³-hybridized carbons (Fsp3) is 0.0714. The standard InChI is InChI=1S/C16H13.2C6H5.Zr/c1-12-10-14-8-5-9-15(16(14)11-12)13-6-3-2-4-7-13;2*1-2-4-6-5-3-1;/h2-11H,1H3;2*1-5H;. The molecule has 1 aliphatic carbocycles. The van der Waals surface area contributed by atoms with Gasteiger partial charge in [0.1, 0.15) is 0 Å². The van der Waals surface area contributed by atoms with E-state index in [1.807, 2.05) is 0 Å². The zero-order chi connectivity index (χ0) is 19.6. The van der Waals surface area contributed by atoms with E-state index in [-0.39, 0.29) is 0 Å². The molecule has 0 radical (unpaired) electrons. The van der Waals surface area contributed by atoms with Crippen molar-refractivity contribution in [2.24, 2.45) is 0 Å². The first kappa shape index (κ1) is 18.5. The van der Waals surface area contributed by atoms with Gasteiger partial charge < -0.3 is 0 Å². The van der Waals surface area contributed by atoms with Gasteiger partial charge in [0.2, 0.25) is 0 Å². The fourth-order valence-electron chi connectivity index (χ4n) is 4.54. The molecule has 5 rings (SSSR count). The number of rotatable bonds is 4. The van der Waals surface area contributed by atoms with Gasteiger partial charge in [-0.1, -0.05) is 0 Å². The molecular formula is C28H23Zr. The average Bonchev–Trinajstić information content (AvgIpc) is 3.12. The Bertz CT molecular complexity index is 1110. The molecular weight excluding hydrogens is 428 g/mol. The van der Waals surface area contributed by atoms with Gasteiger partial charge in [-0.3, -0.25) is 0 Å². The first-order valence-electron chi connectivity index (χ1n) is 10.2. The summed E-state index contributed by atoms with van der Waals surface area (Å²) in [6, 6.07) is 40.2. The Kier molecular flexibility index (Phi) is 5.17. The molecule has 0 spiro atoms. The zero-order valence-electron chi connectivity index (χ0n) is 16.5. The SMILES string of the molecule is CC1=Cc2c(-c3ccccc3)cccc2[CH]1[Zr]([c]1ccccc1)[c]1ccccc1. The summed E-state index contributed by atoms with van der Waals surface area (Å²) in [5, 5.41) is 0. The van der Waals surface area contributed by atoms with Crippen LogP contribution in [0.3, 0.4) is 0 Å². The molecule has 1 heteroatoms. The molecule has 1 atom stereocenters. The minimum atomic E-state index is -2.22. The normalized spacial score (nSPS) is 14.9. The number of benzene rings is 4. The van der Waals surface area contributed by atoms with Crippen LogP contribution in [0.15, 0.2) is 115 Å². The molecule has 0 aliphatic heterocycles. The van der Waals surface area contributed by atoms with Gasteiger partial charge in [-0.2, -0.15) is 0 Å². The maximum atomic E-state index is 2.45. The van der Waals surface area contributed by atoms with Crippen molar-refractivity contribution in [3.63, 3.8) is 0 Å². The summed E-state index contributed by atoms with van der Waals surface area (Å²) in [5.41, 5.74) is 7.12. The topological polar surface area (TPSA) is 0 Å². The van der Waals surface area contributed by atoms with Crippen LogP contribution in [0, 0.1) is 0 Å².